The van der Waals surface area contributed by atoms with Crippen LogP contribution in [-0.4, -0.2) is 74.5 Å². The van der Waals surface area contributed by atoms with Crippen molar-refractivity contribution in [3.63, 3.8) is 0 Å². The van der Waals surface area contributed by atoms with Gasteiger partial charge in [0.2, 0.25) is 17.7 Å². The number of nitrogens with one attached hydrogen (secondary N) is 4. The molecule has 31 heavy (non-hydrogen) atoms. The van der Waals surface area contributed by atoms with Gasteiger partial charge in [-0.05, 0) is 12.3 Å². The molecule has 3 atom stereocenters. The third-order valence-electron chi connectivity index (χ3n) is 4.10. The molecule has 0 saturated carbocycles. The minimum atomic E-state index is -1.35. The van der Waals surface area contributed by atoms with E-state index in [0.717, 1.165) is 0 Å². The van der Waals surface area contributed by atoms with Crippen molar-refractivity contribution in [2.24, 2.45) is 11.7 Å². The summed E-state index contributed by atoms with van der Waals surface area (Å²) in [6, 6.07) is -3.57. The predicted molar refractivity (Wildman–Crippen MR) is 106 cm³/mol. The zero-order chi connectivity index (χ0) is 23.6. The van der Waals surface area contributed by atoms with Crippen molar-refractivity contribution in [2.45, 2.75) is 51.2 Å². The van der Waals surface area contributed by atoms with Gasteiger partial charge in [0.05, 0.1) is 18.8 Å². The number of aromatic amines is 1. The molecule has 0 radical (unpaired) electrons. The monoisotopic (exact) mass is 440 g/mol. The number of carboxylic acid groups (broad SMARTS) is 2. The molecule has 0 bridgehead atoms. The Morgan fingerprint density at radius 3 is 2.19 bits per heavy atom. The number of hydrogen-bond donors (Lipinski definition) is 7. The lowest BCUT2D eigenvalue weighted by Gasteiger charge is -2.24. The van der Waals surface area contributed by atoms with Crippen LogP contribution < -0.4 is 21.7 Å². The Labute approximate surface area is 178 Å². The van der Waals surface area contributed by atoms with Gasteiger partial charge in [0.15, 0.2) is 0 Å². The molecular formula is C18H28N6O7. The molecule has 0 aromatic carbocycles. The number of carbonyl (C=O) groups is 5. The van der Waals surface area contributed by atoms with Gasteiger partial charge in [-0.15, -0.1) is 0 Å². The first-order chi connectivity index (χ1) is 14.5. The van der Waals surface area contributed by atoms with Crippen molar-refractivity contribution >= 4 is 29.7 Å². The molecule has 1 rings (SSSR count). The number of hydrogen-bond acceptors (Lipinski definition) is 7. The van der Waals surface area contributed by atoms with Crippen molar-refractivity contribution in [3.8, 4) is 0 Å². The van der Waals surface area contributed by atoms with Crippen LogP contribution in [0.2, 0.25) is 0 Å². The molecule has 3 unspecified atom stereocenters. The fourth-order valence-electron chi connectivity index (χ4n) is 2.65. The van der Waals surface area contributed by atoms with Gasteiger partial charge in [0, 0.05) is 18.3 Å². The molecule has 0 aliphatic rings. The summed E-state index contributed by atoms with van der Waals surface area (Å²) in [5, 5.41) is 24.7. The fourth-order valence-corrected chi connectivity index (χ4v) is 2.65. The number of nitrogens with two attached hydrogens (primary N) is 1. The lowest BCUT2D eigenvalue weighted by atomic mass is 10.0. The van der Waals surface area contributed by atoms with Crippen LogP contribution in [0.25, 0.3) is 0 Å². The van der Waals surface area contributed by atoms with Gasteiger partial charge in [-0.1, -0.05) is 13.8 Å². The van der Waals surface area contributed by atoms with Gasteiger partial charge in [0.25, 0.3) is 0 Å². The fraction of sp³-hybridized carbons (Fsp3) is 0.556. The first-order valence-electron chi connectivity index (χ1n) is 9.54. The van der Waals surface area contributed by atoms with Crippen molar-refractivity contribution in [2.75, 3.05) is 6.54 Å². The smallest absolute Gasteiger partial charge is 0.322 e. The predicted octanol–water partition coefficient (Wildman–Crippen LogP) is -2.03. The summed E-state index contributed by atoms with van der Waals surface area (Å²) in [5.74, 6) is -4.79. The van der Waals surface area contributed by atoms with Crippen LogP contribution in [0.1, 0.15) is 32.4 Å². The highest BCUT2D eigenvalue weighted by atomic mass is 16.4. The highest BCUT2D eigenvalue weighted by molar-refractivity contribution is 5.94. The molecule has 8 N–H and O–H groups in total. The zero-order valence-corrected chi connectivity index (χ0v) is 17.3. The van der Waals surface area contributed by atoms with Crippen LogP contribution in [0.4, 0.5) is 0 Å². The van der Waals surface area contributed by atoms with E-state index in [2.05, 4.69) is 25.9 Å². The SMILES string of the molecule is CC(C)CC(NC(=O)C(N)CC(=O)O)C(=O)NC(Cc1cnc[nH]1)C(=O)NCC(=O)O. The molecule has 1 aromatic heterocycles. The minimum absolute atomic E-state index is 0.00192. The average molecular weight is 440 g/mol. The quantitative estimate of drug-likeness (QED) is 0.180. The Morgan fingerprint density at radius 1 is 1.03 bits per heavy atom. The van der Waals surface area contributed by atoms with Crippen molar-refractivity contribution in [1.82, 2.24) is 25.9 Å². The number of H-pyrrole nitrogens is 1. The molecule has 13 nitrogen and oxygen atoms in total. The first-order valence-corrected chi connectivity index (χ1v) is 9.54. The van der Waals surface area contributed by atoms with E-state index in [1.807, 2.05) is 13.8 Å². The van der Waals surface area contributed by atoms with Crippen LogP contribution in [0, 0.1) is 5.92 Å². The second-order valence-corrected chi connectivity index (χ2v) is 7.35. The van der Waals surface area contributed by atoms with Gasteiger partial charge in [-0.3, -0.25) is 24.0 Å². The molecule has 1 aromatic rings. The van der Waals surface area contributed by atoms with E-state index >= 15 is 0 Å². The highest BCUT2D eigenvalue weighted by Gasteiger charge is 2.29. The van der Waals surface area contributed by atoms with E-state index in [4.69, 9.17) is 15.9 Å². The van der Waals surface area contributed by atoms with Crippen molar-refractivity contribution in [3.05, 3.63) is 18.2 Å². The maximum atomic E-state index is 12.8. The molecule has 3 amide bonds. The summed E-state index contributed by atoms with van der Waals surface area (Å²) in [6.45, 7) is 2.99. The van der Waals surface area contributed by atoms with E-state index in [1.165, 1.54) is 12.5 Å². The number of imidazole rings is 1. The number of amides is 3. The maximum Gasteiger partial charge on any atom is 0.322 e. The largest absolute Gasteiger partial charge is 0.481 e. The van der Waals surface area contributed by atoms with Crippen molar-refractivity contribution in [1.29, 1.82) is 0 Å². The first kappa shape index (κ1) is 25.6. The van der Waals surface area contributed by atoms with Crippen LogP contribution in [0.5, 0.6) is 0 Å². The summed E-state index contributed by atoms with van der Waals surface area (Å²) >= 11 is 0. The van der Waals surface area contributed by atoms with Gasteiger partial charge in [-0.2, -0.15) is 0 Å². The molecular weight excluding hydrogens is 412 g/mol. The van der Waals surface area contributed by atoms with Crippen LogP contribution >= 0.6 is 0 Å². The third kappa shape index (κ3) is 9.71. The van der Waals surface area contributed by atoms with E-state index < -0.39 is 60.8 Å². The van der Waals surface area contributed by atoms with Gasteiger partial charge in [-0.25, -0.2) is 4.98 Å². The molecule has 0 fully saturated rings. The van der Waals surface area contributed by atoms with E-state index in [-0.39, 0.29) is 18.8 Å². The third-order valence-corrected chi connectivity index (χ3v) is 4.10. The lowest BCUT2D eigenvalue weighted by molar-refractivity contribution is -0.140. The Kier molecular flexibility index (Phi) is 10.1. The number of rotatable bonds is 13. The van der Waals surface area contributed by atoms with Crippen molar-refractivity contribution < 1.29 is 34.2 Å². The average Bonchev–Trinajstić information content (AvgIpc) is 3.17. The molecule has 1 heterocycles. The molecule has 172 valence electrons. The van der Waals surface area contributed by atoms with Gasteiger partial charge in [0.1, 0.15) is 18.6 Å². The molecule has 13 heteroatoms. The van der Waals surface area contributed by atoms with E-state index in [0.29, 0.717) is 5.69 Å². The second kappa shape index (κ2) is 12.3. The maximum absolute atomic E-state index is 12.8. The van der Waals surface area contributed by atoms with Gasteiger partial charge >= 0.3 is 11.9 Å². The molecule has 0 saturated heterocycles. The molecule has 0 aliphatic carbocycles. The van der Waals surface area contributed by atoms with Crippen LogP contribution in [0.3, 0.4) is 0 Å². The summed E-state index contributed by atoms with van der Waals surface area (Å²) in [7, 11) is 0. The van der Waals surface area contributed by atoms with Crippen LogP contribution in [0.15, 0.2) is 12.5 Å². The Hall–Kier alpha value is -3.48. The minimum Gasteiger partial charge on any atom is -0.481 e. The summed E-state index contributed by atoms with van der Waals surface area (Å²) in [5.41, 5.74) is 6.07. The van der Waals surface area contributed by atoms with Gasteiger partial charge < -0.3 is 36.9 Å². The summed E-state index contributed by atoms with van der Waals surface area (Å²) in [4.78, 5) is 65.6. The number of nitrogens with zero attached hydrogens (tertiary/aromatic N) is 1. The zero-order valence-electron chi connectivity index (χ0n) is 17.3. The Bertz CT molecular complexity index is 780. The number of aromatic nitrogens is 2. The second-order valence-electron chi connectivity index (χ2n) is 7.35. The number of aliphatic carboxylic acids is 2. The van der Waals surface area contributed by atoms with E-state index in [1.54, 1.807) is 0 Å². The van der Waals surface area contributed by atoms with Crippen LogP contribution in [-0.2, 0) is 30.4 Å². The standard InChI is InChI=1S/C18H28N6O7/c1-9(2)3-12(23-16(29)11(19)5-14(25)26)18(31)24-13(4-10-6-20-8-22-10)17(30)21-7-15(27)28/h6,8-9,11-13H,3-5,7,19H2,1-2H3,(H,20,22)(H,21,30)(H,23,29)(H,24,31)(H,25,26)(H,27,28). The highest BCUT2D eigenvalue weighted by Crippen LogP contribution is 2.07. The molecule has 0 spiro atoms. The Morgan fingerprint density at radius 2 is 1.68 bits per heavy atom. The normalized spacial score (nSPS) is 13.7. The number of carbonyl (C=O) groups excluding carboxylic acids is 3. The molecule has 0 aliphatic heterocycles. The summed E-state index contributed by atoms with van der Waals surface area (Å²) < 4.78 is 0. The Balaban J connectivity index is 2.93. The topological polar surface area (TPSA) is 217 Å². The summed E-state index contributed by atoms with van der Waals surface area (Å²) in [6.07, 6.45) is 2.42. The van der Waals surface area contributed by atoms with E-state index in [9.17, 15) is 24.0 Å². The lowest BCUT2D eigenvalue weighted by Crippen LogP contribution is -2.57. The number of carboxylic acids is 2.